The van der Waals surface area contributed by atoms with Crippen LogP contribution in [0.3, 0.4) is 0 Å². The van der Waals surface area contributed by atoms with E-state index in [9.17, 15) is 17.2 Å². The van der Waals surface area contributed by atoms with Crippen LogP contribution >= 0.6 is 15.9 Å². The van der Waals surface area contributed by atoms with E-state index in [-0.39, 0.29) is 28.0 Å². The number of benzene rings is 2. The van der Waals surface area contributed by atoms with Crippen molar-refractivity contribution < 1.29 is 26.7 Å². The van der Waals surface area contributed by atoms with Crippen molar-refractivity contribution >= 4 is 26.0 Å². The Morgan fingerprint density at radius 3 is 2.22 bits per heavy atom. The number of rotatable bonds is 8. The first-order chi connectivity index (χ1) is 12.7. The second kappa shape index (κ2) is 9.20. The normalized spacial score (nSPS) is 12.1. The third-order valence-corrected chi connectivity index (χ3v) is 6.68. The molecule has 0 bridgehead atoms. The Labute approximate surface area is 166 Å². The number of aryl methyl sites for hydroxylation is 1. The highest BCUT2D eigenvalue weighted by Gasteiger charge is 2.28. The average Bonchev–Trinajstić information content (AvgIpc) is 2.65. The van der Waals surface area contributed by atoms with E-state index in [0.717, 1.165) is 15.9 Å². The van der Waals surface area contributed by atoms with Crippen molar-refractivity contribution in [3.05, 3.63) is 63.6 Å². The highest BCUT2D eigenvalue weighted by atomic mass is 79.9. The van der Waals surface area contributed by atoms with E-state index < -0.39 is 27.9 Å². The summed E-state index contributed by atoms with van der Waals surface area (Å²) in [6, 6.07) is 8.63. The van der Waals surface area contributed by atoms with Gasteiger partial charge in [-0.15, -0.1) is 0 Å². The fourth-order valence-corrected chi connectivity index (χ4v) is 4.25. The lowest BCUT2D eigenvalue weighted by Gasteiger charge is -2.26. The van der Waals surface area contributed by atoms with Gasteiger partial charge in [0.2, 0.25) is 10.0 Å². The summed E-state index contributed by atoms with van der Waals surface area (Å²) in [5.41, 5.74) is 1.19. The van der Waals surface area contributed by atoms with Crippen LogP contribution in [0.25, 0.3) is 0 Å². The molecule has 2 rings (SSSR count). The number of ether oxygens (including phenoxy) is 2. The summed E-state index contributed by atoms with van der Waals surface area (Å²) in [6.45, 7) is 1.52. The molecule has 9 heteroatoms. The van der Waals surface area contributed by atoms with Gasteiger partial charge in [0.25, 0.3) is 0 Å². The van der Waals surface area contributed by atoms with Gasteiger partial charge in [-0.05, 0) is 46.6 Å². The van der Waals surface area contributed by atoms with Crippen LogP contribution in [0.15, 0.2) is 45.8 Å². The Kier molecular flexibility index (Phi) is 7.47. The maximum absolute atomic E-state index is 13.9. The van der Waals surface area contributed by atoms with Gasteiger partial charge in [-0.25, -0.2) is 17.2 Å². The van der Waals surface area contributed by atoms with Crippen LogP contribution in [0.1, 0.15) is 11.1 Å². The van der Waals surface area contributed by atoms with Crippen molar-refractivity contribution in [3.8, 4) is 0 Å². The van der Waals surface area contributed by atoms with Crippen LogP contribution in [-0.4, -0.2) is 39.8 Å². The minimum Gasteiger partial charge on any atom is -0.354 e. The summed E-state index contributed by atoms with van der Waals surface area (Å²) >= 11 is 2.99. The van der Waals surface area contributed by atoms with Gasteiger partial charge < -0.3 is 9.47 Å². The second-order valence-corrected chi connectivity index (χ2v) is 8.58. The van der Waals surface area contributed by atoms with E-state index in [4.69, 9.17) is 9.47 Å². The largest absolute Gasteiger partial charge is 0.354 e. The van der Waals surface area contributed by atoms with Gasteiger partial charge in [-0.2, -0.15) is 4.31 Å². The predicted molar refractivity (Wildman–Crippen MR) is 101 cm³/mol. The third kappa shape index (κ3) is 5.11. The summed E-state index contributed by atoms with van der Waals surface area (Å²) in [5.74, 6) is -2.10. The van der Waals surface area contributed by atoms with E-state index in [2.05, 4.69) is 15.9 Å². The number of halogens is 3. The minimum absolute atomic E-state index is 0.0813. The molecule has 0 spiro atoms. The lowest BCUT2D eigenvalue weighted by atomic mass is 10.2. The molecule has 27 heavy (non-hydrogen) atoms. The van der Waals surface area contributed by atoms with Crippen LogP contribution in [0.2, 0.25) is 0 Å². The molecule has 148 valence electrons. The Hall–Kier alpha value is -1.39. The van der Waals surface area contributed by atoms with E-state index in [1.807, 2.05) is 6.92 Å². The van der Waals surface area contributed by atoms with Crippen LogP contribution < -0.4 is 0 Å². The Morgan fingerprint density at radius 1 is 1.07 bits per heavy atom. The highest BCUT2D eigenvalue weighted by Crippen LogP contribution is 2.27. The molecule has 0 aliphatic rings. The van der Waals surface area contributed by atoms with Crippen LogP contribution in [0, 0.1) is 18.6 Å². The monoisotopic (exact) mass is 463 g/mol. The molecule has 0 amide bonds. The Morgan fingerprint density at radius 2 is 1.67 bits per heavy atom. The van der Waals surface area contributed by atoms with Crippen LogP contribution in [0.5, 0.6) is 0 Å². The minimum atomic E-state index is -3.93. The molecule has 0 atom stereocenters. The maximum Gasteiger partial charge on any atom is 0.243 e. The Balaban J connectivity index is 2.45. The number of sulfonamides is 1. The second-order valence-electron chi connectivity index (χ2n) is 5.85. The van der Waals surface area contributed by atoms with Crippen LogP contribution in [-0.2, 0) is 26.0 Å². The zero-order valence-electron chi connectivity index (χ0n) is 15.1. The number of hydrogen-bond donors (Lipinski definition) is 0. The van der Waals surface area contributed by atoms with E-state index in [0.29, 0.717) is 0 Å². The van der Waals surface area contributed by atoms with E-state index >= 15 is 0 Å². The van der Waals surface area contributed by atoms with Crippen molar-refractivity contribution in [1.29, 1.82) is 0 Å². The Bertz CT molecular complexity index is 887. The van der Waals surface area contributed by atoms with Crippen LogP contribution in [0.4, 0.5) is 8.78 Å². The molecule has 2 aromatic carbocycles. The summed E-state index contributed by atoms with van der Waals surface area (Å²) in [5, 5.41) is 0. The molecule has 0 radical (unpaired) electrons. The fraction of sp³-hybridized carbons (Fsp3) is 0.333. The van der Waals surface area contributed by atoms with Gasteiger partial charge in [0, 0.05) is 20.8 Å². The molecular formula is C18H20BrF2NO4S. The lowest BCUT2D eigenvalue weighted by Crippen LogP contribution is -2.38. The summed E-state index contributed by atoms with van der Waals surface area (Å²) in [4.78, 5) is 0.0813. The molecule has 0 unspecified atom stereocenters. The molecule has 0 fully saturated rings. The van der Waals surface area contributed by atoms with Crippen molar-refractivity contribution in [2.45, 2.75) is 24.7 Å². The van der Waals surface area contributed by atoms with Gasteiger partial charge in [0.05, 0.1) is 15.9 Å². The fourth-order valence-electron chi connectivity index (χ4n) is 2.40. The molecule has 5 nitrogen and oxygen atoms in total. The van der Waals surface area contributed by atoms with Crippen molar-refractivity contribution in [3.63, 3.8) is 0 Å². The number of nitrogens with zero attached hydrogens (tertiary/aromatic N) is 1. The standard InChI is InChI=1S/C18H20BrF2NO4S/c1-12-4-7-14(8-5-12)27(23,24)22(11-16(25-2)26-3)10-13-6-9-15(20)18(21)17(13)19/h4-9,16H,10-11H2,1-3H3. The van der Waals surface area contributed by atoms with Gasteiger partial charge in [-0.3, -0.25) is 0 Å². The van der Waals surface area contributed by atoms with Gasteiger partial charge in [0.1, 0.15) is 0 Å². The quantitative estimate of drug-likeness (QED) is 0.440. The first-order valence-electron chi connectivity index (χ1n) is 7.95. The molecule has 0 aliphatic carbocycles. The topological polar surface area (TPSA) is 55.8 Å². The molecule has 0 saturated carbocycles. The molecule has 0 aromatic heterocycles. The van der Waals surface area contributed by atoms with Gasteiger partial charge in [-0.1, -0.05) is 23.8 Å². The summed E-state index contributed by atoms with van der Waals surface area (Å²) in [6.07, 6.45) is -0.825. The predicted octanol–water partition coefficient (Wildman–Crippen LogP) is 3.85. The third-order valence-electron chi connectivity index (χ3n) is 4.00. The maximum atomic E-state index is 13.9. The number of hydrogen-bond acceptors (Lipinski definition) is 4. The molecule has 0 heterocycles. The number of methoxy groups -OCH3 is 2. The smallest absolute Gasteiger partial charge is 0.243 e. The lowest BCUT2D eigenvalue weighted by molar-refractivity contribution is -0.108. The first kappa shape index (κ1) is 21.9. The van der Waals surface area contributed by atoms with E-state index in [1.165, 1.54) is 32.4 Å². The average molecular weight is 464 g/mol. The van der Waals surface area contributed by atoms with E-state index in [1.54, 1.807) is 12.1 Å². The molecular weight excluding hydrogens is 444 g/mol. The molecule has 0 saturated heterocycles. The van der Waals surface area contributed by atoms with Gasteiger partial charge in [0.15, 0.2) is 17.9 Å². The van der Waals surface area contributed by atoms with Crippen molar-refractivity contribution in [1.82, 2.24) is 4.31 Å². The van der Waals surface area contributed by atoms with Gasteiger partial charge >= 0.3 is 0 Å². The zero-order valence-corrected chi connectivity index (χ0v) is 17.5. The molecule has 0 N–H and O–H groups in total. The van der Waals surface area contributed by atoms with Crippen molar-refractivity contribution in [2.24, 2.45) is 0 Å². The zero-order chi connectivity index (χ0) is 20.2. The first-order valence-corrected chi connectivity index (χ1v) is 10.2. The summed E-state index contributed by atoms with van der Waals surface area (Å²) < 4.78 is 64.7. The molecule has 2 aromatic rings. The van der Waals surface area contributed by atoms with Crippen molar-refractivity contribution in [2.75, 3.05) is 20.8 Å². The highest BCUT2D eigenvalue weighted by molar-refractivity contribution is 9.10. The summed E-state index contributed by atoms with van der Waals surface area (Å²) in [7, 11) is -1.16. The molecule has 0 aliphatic heterocycles. The SMILES string of the molecule is COC(CN(Cc1ccc(F)c(F)c1Br)S(=O)(=O)c1ccc(C)cc1)OC.